The number of amides is 4. The lowest BCUT2D eigenvalue weighted by Crippen LogP contribution is -2.41. The lowest BCUT2D eigenvalue weighted by atomic mass is 9.97. The van der Waals surface area contributed by atoms with Crippen molar-refractivity contribution in [2.24, 2.45) is 18.0 Å². The molecule has 0 saturated carbocycles. The molecule has 0 bridgehead atoms. The highest BCUT2D eigenvalue weighted by atomic mass is 16.7. The van der Waals surface area contributed by atoms with Gasteiger partial charge in [0.15, 0.2) is 17.8 Å². The van der Waals surface area contributed by atoms with Gasteiger partial charge in [0.1, 0.15) is 18.9 Å². The molecule has 0 aliphatic carbocycles. The van der Waals surface area contributed by atoms with Crippen molar-refractivity contribution in [1.82, 2.24) is 25.0 Å². The van der Waals surface area contributed by atoms with Gasteiger partial charge in [-0.1, -0.05) is 40.2 Å². The molecule has 22 heteroatoms. The molecule has 3 aromatic rings. The number of nitrogens with zero attached hydrogens (tertiary/aromatic N) is 4. The Morgan fingerprint density at radius 3 is 2.04 bits per heavy atom. The van der Waals surface area contributed by atoms with Gasteiger partial charge in [0, 0.05) is 83.9 Å². The molecule has 2 fully saturated rings. The number of likely N-dealkylation sites (tertiary alicyclic amines) is 1. The summed E-state index contributed by atoms with van der Waals surface area (Å²) in [5.74, 6) is 0.658. The van der Waals surface area contributed by atoms with E-state index in [1.165, 1.54) is 19.4 Å². The summed E-state index contributed by atoms with van der Waals surface area (Å²) in [7, 11) is 10.6. The average molecular weight is 1170 g/mol. The number of aliphatic hydroxyl groups is 2. The van der Waals surface area contributed by atoms with Gasteiger partial charge >= 0.3 is 0 Å². The van der Waals surface area contributed by atoms with Crippen LogP contribution in [0.4, 0.5) is 22.7 Å². The fourth-order valence-corrected chi connectivity index (χ4v) is 7.67. The first-order valence-corrected chi connectivity index (χ1v) is 28.3. The van der Waals surface area contributed by atoms with E-state index in [0.717, 1.165) is 101 Å². The Bertz CT molecular complexity index is 2280. The Balaban J connectivity index is 0. The number of aldehydes is 4. The van der Waals surface area contributed by atoms with Gasteiger partial charge in [0.25, 0.3) is 0 Å². The van der Waals surface area contributed by atoms with E-state index in [4.69, 9.17) is 33.9 Å². The first-order valence-electron chi connectivity index (χ1n) is 28.3. The molecule has 4 amide bonds. The Hall–Kier alpha value is -7.27. The van der Waals surface area contributed by atoms with Gasteiger partial charge in [-0.05, 0) is 140 Å². The van der Waals surface area contributed by atoms with Crippen LogP contribution in [0, 0.1) is 12.8 Å². The number of aliphatic hydroxyl groups excluding tert-OH is 2. The average Bonchev–Trinajstić information content (AvgIpc) is 4.01. The maximum Gasteiger partial charge on any atom is 0.239 e. The molecule has 83 heavy (non-hydrogen) atoms. The molecule has 0 spiro atoms. The number of ether oxygens (including phenoxy) is 3. The monoisotopic (exact) mass is 1170 g/mol. The van der Waals surface area contributed by atoms with Gasteiger partial charge in [-0.15, -0.1) is 0 Å². The van der Waals surface area contributed by atoms with Crippen LogP contribution in [0.1, 0.15) is 128 Å². The van der Waals surface area contributed by atoms with Crippen LogP contribution in [-0.2, 0) is 45.3 Å². The third kappa shape index (κ3) is 36.7. The third-order valence-corrected chi connectivity index (χ3v) is 11.8. The predicted molar refractivity (Wildman–Crippen MR) is 330 cm³/mol. The molecular weight excluding hydrogens is 1070 g/mol. The van der Waals surface area contributed by atoms with E-state index in [2.05, 4.69) is 58.8 Å². The fraction of sp³-hybridized carbons (Fsp3) is 0.557. The van der Waals surface area contributed by atoms with E-state index >= 15 is 0 Å². The van der Waals surface area contributed by atoms with Crippen LogP contribution in [0.25, 0.3) is 0 Å². The summed E-state index contributed by atoms with van der Waals surface area (Å²) in [4.78, 5) is 94.5. The Morgan fingerprint density at radius 2 is 1.51 bits per heavy atom. The lowest BCUT2D eigenvalue weighted by Gasteiger charge is -2.33. The fourth-order valence-electron chi connectivity index (χ4n) is 7.67. The summed E-state index contributed by atoms with van der Waals surface area (Å²) in [5.41, 5.74) is 4.89. The zero-order chi connectivity index (χ0) is 63.0. The molecule has 0 unspecified atom stereocenters. The van der Waals surface area contributed by atoms with E-state index in [1.54, 1.807) is 35.7 Å². The number of anilines is 3. The summed E-state index contributed by atoms with van der Waals surface area (Å²) in [6.07, 6.45) is 17.2. The molecule has 0 radical (unpaired) electrons. The summed E-state index contributed by atoms with van der Waals surface area (Å²) >= 11 is 0. The van der Waals surface area contributed by atoms with E-state index < -0.39 is 12.3 Å². The van der Waals surface area contributed by atoms with E-state index in [0.29, 0.717) is 66.3 Å². The first-order chi connectivity index (χ1) is 39.8. The van der Waals surface area contributed by atoms with Crippen LogP contribution in [0.2, 0.25) is 0 Å². The number of aromatic nitrogens is 1. The summed E-state index contributed by atoms with van der Waals surface area (Å²) in [6.45, 7) is 16.3. The number of hydrogen-bond donors (Lipinski definition) is 7. The summed E-state index contributed by atoms with van der Waals surface area (Å²) in [6, 6.07) is 12.9. The minimum atomic E-state index is -0.529. The molecule has 7 N–H and O–H groups in total. The molecule has 2 aliphatic rings. The van der Waals surface area contributed by atoms with E-state index in [1.807, 2.05) is 77.7 Å². The Kier molecular flexibility index (Phi) is 46.3. The predicted octanol–water partition coefficient (Wildman–Crippen LogP) is 7.47. The van der Waals surface area contributed by atoms with Crippen molar-refractivity contribution >= 4 is 78.2 Å². The molecule has 2 aliphatic heterocycles. The molecule has 22 nitrogen and oxygen atoms in total. The number of piperidine rings is 1. The molecule has 466 valence electrons. The number of aliphatic imine (C=N–C) groups is 1. The number of nitrogens with one attached hydrogen (secondary N) is 5. The van der Waals surface area contributed by atoms with Gasteiger partial charge in [0.2, 0.25) is 30.4 Å². The van der Waals surface area contributed by atoms with Gasteiger partial charge in [0.05, 0.1) is 55.0 Å². The smallest absolute Gasteiger partial charge is 0.239 e. The van der Waals surface area contributed by atoms with E-state index in [9.17, 15) is 33.9 Å². The van der Waals surface area contributed by atoms with Crippen molar-refractivity contribution in [3.63, 3.8) is 0 Å². The van der Waals surface area contributed by atoms with Crippen LogP contribution >= 0.6 is 0 Å². The highest BCUT2D eigenvalue weighted by Gasteiger charge is 2.29. The largest absolute Gasteiger partial charge is 0.490 e. The molecule has 5 rings (SSSR count). The molecule has 3 heterocycles. The SMILES string of the molecule is C=CC=O.CC=O.CCC.CNc1ccc(NC)cc1.CO.C[C@@H](C=O)NC(=O)CNC(=O)CCCCCN(C)C.Cc1cc(O[C@H]2C[C@@H](C)C[C@@H](CO)O2)c(OCCCC(=O)Nc2cc(C=O)n(C)c2)cc1N=C[C@@H]1CCCCN1C=O. The maximum absolute atomic E-state index is 12.5. The second-order valence-electron chi connectivity index (χ2n) is 19.5. The van der Waals surface area contributed by atoms with Crippen molar-refractivity contribution in [1.29, 1.82) is 0 Å². The number of carbonyl (C=O) groups is 8. The lowest BCUT2D eigenvalue weighted by molar-refractivity contribution is -0.171. The maximum atomic E-state index is 12.5. The number of allylic oxidation sites excluding steroid dienone is 1. The van der Waals surface area contributed by atoms with Gasteiger partial charge in [-0.3, -0.25) is 33.8 Å². The highest BCUT2D eigenvalue weighted by molar-refractivity contribution is 5.91. The van der Waals surface area contributed by atoms with Crippen LogP contribution in [0.15, 0.2) is 66.3 Å². The van der Waals surface area contributed by atoms with Crippen molar-refractivity contribution in [3.8, 4) is 11.5 Å². The number of hydrogen-bond acceptors (Lipinski definition) is 17. The van der Waals surface area contributed by atoms with Crippen LogP contribution in [-0.4, -0.2) is 173 Å². The zero-order valence-electron chi connectivity index (χ0n) is 51.4. The standard InChI is InChI=1S/C31H42N4O7.C13H25N3O3.C8H12N2.C3H4O.C3H8.C2H4O.CH4O/c1-21-11-26(19-37)41-31(12-21)42-29-13-22(2)27(32-16-24-7-4-5-9-35(24)20-38)15-28(29)40-10-6-8-30(39)33-23-14-25(18-36)34(3)17-23;1-11(10-17)15-13(19)9-14-12(18)7-5-4-6-8-16(2)3;1-9-7-3-5-8(10-2)6-4-7;1-2-3-4;1-3-2;1-2-3;1-2/h13-18,20-21,24,26,31,37H,4-12,19H2,1-3H3,(H,33,39);10-11H,4-9H2,1-3H3,(H,14,18)(H,15,19);3-6,9-10H,1-2H3;2-3H,1H2;3H2,1-2H3;2H,1H3;2H,1H3/t21-,24-,26-,31-;11-;;;;;/m00...../s1. The third-order valence-electron chi connectivity index (χ3n) is 11.8. The van der Waals surface area contributed by atoms with Crippen molar-refractivity contribution in [2.75, 3.05) is 84.1 Å². The normalized spacial score (nSPS) is 16.0. The summed E-state index contributed by atoms with van der Waals surface area (Å²) in [5, 5.41) is 30.5. The second-order valence-corrected chi connectivity index (χ2v) is 19.5. The number of carbonyl (C=O) groups excluding carboxylic acids is 8. The minimum Gasteiger partial charge on any atom is -0.490 e. The number of rotatable bonds is 26. The van der Waals surface area contributed by atoms with E-state index in [-0.39, 0.29) is 56.0 Å². The van der Waals surface area contributed by atoms with Gasteiger partial charge in [-0.25, -0.2) is 0 Å². The van der Waals surface area contributed by atoms with Crippen LogP contribution in [0.5, 0.6) is 11.5 Å². The summed E-state index contributed by atoms with van der Waals surface area (Å²) < 4.78 is 20.0. The van der Waals surface area contributed by atoms with Crippen LogP contribution in [0.3, 0.4) is 0 Å². The second kappa shape index (κ2) is 49.3. The van der Waals surface area contributed by atoms with Crippen molar-refractivity contribution < 1.29 is 62.8 Å². The Labute approximate surface area is 493 Å². The number of unbranched alkanes of at least 4 members (excludes halogenated alkanes) is 2. The highest BCUT2D eigenvalue weighted by Crippen LogP contribution is 2.38. The zero-order valence-corrected chi connectivity index (χ0v) is 51.4. The van der Waals surface area contributed by atoms with Crippen molar-refractivity contribution in [2.45, 2.75) is 143 Å². The molecular formula is C61H99N9O13. The first kappa shape index (κ1) is 77.8. The number of benzene rings is 2. The molecule has 5 atom stereocenters. The van der Waals surface area contributed by atoms with Crippen LogP contribution < -0.4 is 36.1 Å². The van der Waals surface area contributed by atoms with Gasteiger partial charge in [-0.2, -0.15) is 0 Å². The molecule has 2 aromatic carbocycles. The molecule has 2 saturated heterocycles. The topological polar surface area (TPSA) is 289 Å². The quantitative estimate of drug-likeness (QED) is 0.0178. The Morgan fingerprint density at radius 1 is 0.892 bits per heavy atom. The number of aryl methyl sites for hydroxylation is 2. The van der Waals surface area contributed by atoms with Gasteiger partial charge < -0.3 is 75.0 Å². The molecule has 1 aromatic heterocycles. The minimum absolute atomic E-state index is 0.0470. The van der Waals surface area contributed by atoms with Crippen molar-refractivity contribution in [3.05, 3.63) is 72.6 Å².